The first kappa shape index (κ1) is 8.94. The maximum absolute atomic E-state index is 6.39. The largest absolute Gasteiger partial charge is 0.322 e. The van der Waals surface area contributed by atoms with E-state index >= 15 is 0 Å². The predicted octanol–water partition coefficient (Wildman–Crippen LogP) is 1.90. The van der Waals surface area contributed by atoms with Gasteiger partial charge in [0.25, 0.3) is 0 Å². The topological polar surface area (TPSA) is 38.4 Å². The number of nitrogens with zero attached hydrogens (tertiary/aromatic N) is 1. The smallest absolute Gasteiger partial charge is 0.0805 e. The first-order valence-electron chi connectivity index (χ1n) is 4.43. The van der Waals surface area contributed by atoms with E-state index in [0.29, 0.717) is 0 Å². The van der Waals surface area contributed by atoms with E-state index in [4.69, 9.17) is 5.73 Å². The van der Waals surface area contributed by atoms with Crippen LogP contribution in [0.25, 0.3) is 0 Å². The van der Waals surface area contributed by atoms with Gasteiger partial charge in [-0.3, -0.25) is 4.99 Å². The quantitative estimate of drug-likeness (QED) is 0.444. The first-order valence-corrected chi connectivity index (χ1v) is 5.51. The summed E-state index contributed by atoms with van der Waals surface area (Å²) >= 11 is 2.48. The van der Waals surface area contributed by atoms with Crippen LogP contribution in [-0.4, -0.2) is 21.2 Å². The summed E-state index contributed by atoms with van der Waals surface area (Å²) in [4.78, 5) is 4.27. The normalized spacial score (nSPS) is 57.6. The Morgan fingerprint density at radius 2 is 2.17 bits per heavy atom. The van der Waals surface area contributed by atoms with Crippen molar-refractivity contribution in [1.29, 1.82) is 0 Å². The van der Waals surface area contributed by atoms with Gasteiger partial charge in [0.15, 0.2) is 0 Å². The SMILES string of the molecule is C=N[C@@]12CCCC1(N)C(C)(I)C2. The molecule has 0 amide bonds. The van der Waals surface area contributed by atoms with Crippen molar-refractivity contribution in [2.45, 2.75) is 47.1 Å². The highest BCUT2D eigenvalue weighted by Crippen LogP contribution is 2.63. The van der Waals surface area contributed by atoms with Crippen molar-refractivity contribution >= 4 is 29.3 Å². The lowest BCUT2D eigenvalue weighted by Crippen LogP contribution is -2.77. The molecule has 12 heavy (non-hydrogen) atoms. The van der Waals surface area contributed by atoms with Crippen molar-refractivity contribution in [3.8, 4) is 0 Å². The van der Waals surface area contributed by atoms with Crippen LogP contribution < -0.4 is 5.73 Å². The molecule has 0 aromatic carbocycles. The molecule has 2 nitrogen and oxygen atoms in total. The third-order valence-corrected chi connectivity index (χ3v) is 5.19. The number of hydrogen-bond donors (Lipinski definition) is 1. The maximum Gasteiger partial charge on any atom is 0.0805 e. The second-order valence-electron chi connectivity index (χ2n) is 4.39. The molecule has 2 saturated carbocycles. The van der Waals surface area contributed by atoms with E-state index in [1.807, 2.05) is 0 Å². The molecule has 0 aliphatic heterocycles. The lowest BCUT2D eigenvalue weighted by molar-refractivity contribution is 0.0868. The van der Waals surface area contributed by atoms with Gasteiger partial charge < -0.3 is 5.73 Å². The van der Waals surface area contributed by atoms with Gasteiger partial charge in [-0.05, 0) is 39.3 Å². The molecular formula is C9H15IN2. The van der Waals surface area contributed by atoms with Crippen LogP contribution in [0.15, 0.2) is 4.99 Å². The van der Waals surface area contributed by atoms with Crippen LogP contribution in [0.2, 0.25) is 0 Å². The van der Waals surface area contributed by atoms with Crippen molar-refractivity contribution in [2.75, 3.05) is 0 Å². The minimum atomic E-state index is -0.0672. The van der Waals surface area contributed by atoms with Crippen LogP contribution >= 0.6 is 22.6 Å². The average molecular weight is 278 g/mol. The molecule has 2 unspecified atom stereocenters. The Kier molecular flexibility index (Phi) is 1.66. The summed E-state index contributed by atoms with van der Waals surface area (Å²) in [6.07, 6.45) is 4.59. The number of aliphatic imine (C=N–C) groups is 1. The Labute approximate surface area is 87.1 Å². The Morgan fingerprint density at radius 3 is 2.58 bits per heavy atom. The fourth-order valence-electron chi connectivity index (χ4n) is 2.98. The summed E-state index contributed by atoms with van der Waals surface area (Å²) in [5, 5.41) is 0. The molecule has 0 radical (unpaired) electrons. The summed E-state index contributed by atoms with van der Waals surface area (Å²) < 4.78 is 0.239. The molecule has 3 heteroatoms. The van der Waals surface area contributed by atoms with E-state index < -0.39 is 0 Å². The molecule has 0 spiro atoms. The van der Waals surface area contributed by atoms with Crippen molar-refractivity contribution in [1.82, 2.24) is 0 Å². The van der Waals surface area contributed by atoms with Gasteiger partial charge in [-0.25, -0.2) is 0 Å². The molecule has 2 aliphatic carbocycles. The standard InChI is InChI=1S/C9H15IN2/c1-7(10)6-8(12-2)4-3-5-9(7,8)11/h2-6,11H2,1H3/t7?,8-,9?/m1/s1. The molecule has 0 saturated heterocycles. The second-order valence-corrected chi connectivity index (χ2v) is 6.77. The number of alkyl halides is 1. The molecule has 2 aliphatic rings. The monoisotopic (exact) mass is 278 g/mol. The average Bonchev–Trinajstić information content (AvgIpc) is 2.27. The number of fused-ring (bicyclic) bond motifs is 1. The molecule has 0 aromatic heterocycles. The Balaban J connectivity index is 2.38. The van der Waals surface area contributed by atoms with Gasteiger partial charge in [0, 0.05) is 3.42 Å². The fraction of sp³-hybridized carbons (Fsp3) is 0.889. The van der Waals surface area contributed by atoms with Crippen LogP contribution in [-0.2, 0) is 0 Å². The van der Waals surface area contributed by atoms with Gasteiger partial charge in [0.2, 0.25) is 0 Å². The van der Waals surface area contributed by atoms with E-state index in [2.05, 4.69) is 41.2 Å². The third-order valence-electron chi connectivity index (χ3n) is 3.85. The van der Waals surface area contributed by atoms with Crippen molar-refractivity contribution in [3.05, 3.63) is 0 Å². The first-order chi connectivity index (χ1) is 5.47. The van der Waals surface area contributed by atoms with Crippen molar-refractivity contribution in [2.24, 2.45) is 10.7 Å². The van der Waals surface area contributed by atoms with E-state index in [1.165, 1.54) is 6.42 Å². The van der Waals surface area contributed by atoms with E-state index in [1.54, 1.807) is 0 Å². The summed E-state index contributed by atoms with van der Waals surface area (Å²) in [5.74, 6) is 0. The maximum atomic E-state index is 6.39. The molecule has 2 rings (SSSR count). The highest BCUT2D eigenvalue weighted by atomic mass is 127. The van der Waals surface area contributed by atoms with Gasteiger partial charge >= 0.3 is 0 Å². The minimum absolute atomic E-state index is 0.0307. The van der Waals surface area contributed by atoms with Crippen molar-refractivity contribution < 1.29 is 0 Å². The van der Waals surface area contributed by atoms with Gasteiger partial charge in [0.1, 0.15) is 0 Å². The molecule has 68 valence electrons. The van der Waals surface area contributed by atoms with E-state index in [9.17, 15) is 0 Å². The lowest BCUT2D eigenvalue weighted by atomic mass is 9.56. The highest BCUT2D eigenvalue weighted by molar-refractivity contribution is 14.1. The molecule has 0 bridgehead atoms. The van der Waals surface area contributed by atoms with Crippen molar-refractivity contribution in [3.63, 3.8) is 0 Å². The highest BCUT2D eigenvalue weighted by Gasteiger charge is 2.70. The summed E-state index contributed by atoms with van der Waals surface area (Å²) in [6, 6.07) is 0. The zero-order chi connectivity index (χ0) is 9.04. The van der Waals surface area contributed by atoms with Crippen LogP contribution in [0.5, 0.6) is 0 Å². The van der Waals surface area contributed by atoms with Gasteiger partial charge in [0.05, 0.1) is 11.1 Å². The molecule has 0 heterocycles. The van der Waals surface area contributed by atoms with Crippen LogP contribution in [0.4, 0.5) is 0 Å². The molecule has 3 atom stereocenters. The zero-order valence-electron chi connectivity index (χ0n) is 7.44. The van der Waals surface area contributed by atoms with Crippen LogP contribution in [0, 0.1) is 0 Å². The Bertz CT molecular complexity index is 239. The van der Waals surface area contributed by atoms with Gasteiger partial charge in [-0.2, -0.15) is 0 Å². The fourth-order valence-corrected chi connectivity index (χ4v) is 4.39. The number of halogens is 1. The molecular weight excluding hydrogens is 263 g/mol. The number of nitrogens with two attached hydrogens (primary N) is 1. The molecule has 2 N–H and O–H groups in total. The Morgan fingerprint density at radius 1 is 1.50 bits per heavy atom. The molecule has 2 fully saturated rings. The summed E-state index contributed by atoms with van der Waals surface area (Å²) in [6.45, 7) is 5.93. The minimum Gasteiger partial charge on any atom is -0.322 e. The summed E-state index contributed by atoms with van der Waals surface area (Å²) in [5.41, 5.74) is 6.35. The van der Waals surface area contributed by atoms with Gasteiger partial charge in [-0.1, -0.05) is 22.6 Å². The zero-order valence-corrected chi connectivity index (χ0v) is 9.60. The lowest BCUT2D eigenvalue weighted by Gasteiger charge is -2.61. The van der Waals surface area contributed by atoms with E-state index in [-0.39, 0.29) is 14.5 Å². The second kappa shape index (κ2) is 2.23. The molecule has 0 aromatic rings. The summed E-state index contributed by atoms with van der Waals surface area (Å²) in [7, 11) is 0. The van der Waals surface area contributed by atoms with E-state index in [0.717, 1.165) is 19.3 Å². The van der Waals surface area contributed by atoms with Crippen LogP contribution in [0.1, 0.15) is 32.6 Å². The predicted molar refractivity (Wildman–Crippen MR) is 60.1 cm³/mol. The van der Waals surface area contributed by atoms with Crippen LogP contribution in [0.3, 0.4) is 0 Å². The van der Waals surface area contributed by atoms with Gasteiger partial charge in [-0.15, -0.1) is 0 Å². The third kappa shape index (κ3) is 0.726. The number of rotatable bonds is 1. The number of hydrogen-bond acceptors (Lipinski definition) is 2. The Hall–Kier alpha value is 0.360.